The Kier molecular flexibility index (Phi) is 7.04. The summed E-state index contributed by atoms with van der Waals surface area (Å²) in [5.41, 5.74) is 0.878. The van der Waals surface area contributed by atoms with Crippen LogP contribution >= 0.6 is 0 Å². The van der Waals surface area contributed by atoms with E-state index in [0.717, 1.165) is 6.42 Å². The fraction of sp³-hybridized carbons (Fsp3) is 0.385. The summed E-state index contributed by atoms with van der Waals surface area (Å²) in [4.78, 5) is 52.0. The number of carbonyl (C=O) groups excluding carboxylic acids is 4. The molecule has 35 heavy (non-hydrogen) atoms. The Morgan fingerprint density at radius 3 is 2.51 bits per heavy atom. The highest BCUT2D eigenvalue weighted by Crippen LogP contribution is 2.42. The molecule has 184 valence electrons. The van der Waals surface area contributed by atoms with Gasteiger partial charge in [0.1, 0.15) is 11.5 Å². The van der Waals surface area contributed by atoms with Gasteiger partial charge in [0.2, 0.25) is 11.8 Å². The number of imide groups is 1. The summed E-state index contributed by atoms with van der Waals surface area (Å²) < 4.78 is 15.5. The molecule has 0 spiro atoms. The summed E-state index contributed by atoms with van der Waals surface area (Å²) in [6.07, 6.45) is 2.31. The zero-order valence-electron chi connectivity index (χ0n) is 19.9. The van der Waals surface area contributed by atoms with Gasteiger partial charge in [-0.05, 0) is 55.5 Å². The van der Waals surface area contributed by atoms with Gasteiger partial charge in [0.15, 0.2) is 6.61 Å². The van der Waals surface area contributed by atoms with E-state index in [9.17, 15) is 19.2 Å². The maximum atomic E-state index is 13.0. The summed E-state index contributed by atoms with van der Waals surface area (Å²) in [5.74, 6) is -0.974. The Morgan fingerprint density at radius 1 is 1.00 bits per heavy atom. The maximum absolute atomic E-state index is 13.0. The van der Waals surface area contributed by atoms with Crippen molar-refractivity contribution in [2.45, 2.75) is 26.2 Å². The first-order valence-corrected chi connectivity index (χ1v) is 11.5. The van der Waals surface area contributed by atoms with Crippen molar-refractivity contribution < 1.29 is 33.4 Å². The van der Waals surface area contributed by atoms with Gasteiger partial charge in [0, 0.05) is 6.07 Å². The Labute approximate surface area is 203 Å². The summed E-state index contributed by atoms with van der Waals surface area (Å²) in [5, 5.41) is 2.63. The molecule has 9 nitrogen and oxygen atoms in total. The number of nitrogens with zero attached hydrogens (tertiary/aromatic N) is 1. The van der Waals surface area contributed by atoms with Crippen LogP contribution in [0.5, 0.6) is 11.5 Å². The zero-order valence-corrected chi connectivity index (χ0v) is 19.9. The van der Waals surface area contributed by atoms with Gasteiger partial charge in [-0.2, -0.15) is 0 Å². The lowest BCUT2D eigenvalue weighted by atomic mass is 9.76. The number of hydrogen-bond acceptors (Lipinski definition) is 7. The summed E-state index contributed by atoms with van der Waals surface area (Å²) in [7, 11) is 2.98. The van der Waals surface area contributed by atoms with Crippen LogP contribution in [0.3, 0.4) is 0 Å². The second-order valence-electron chi connectivity index (χ2n) is 8.88. The van der Waals surface area contributed by atoms with E-state index < -0.39 is 18.5 Å². The van der Waals surface area contributed by atoms with E-state index in [1.54, 1.807) is 30.3 Å². The van der Waals surface area contributed by atoms with Crippen molar-refractivity contribution in [3.63, 3.8) is 0 Å². The average molecular weight is 481 g/mol. The second-order valence-corrected chi connectivity index (χ2v) is 8.88. The average Bonchev–Trinajstić information content (AvgIpc) is 3.11. The first-order valence-electron chi connectivity index (χ1n) is 11.5. The van der Waals surface area contributed by atoms with Crippen molar-refractivity contribution in [1.82, 2.24) is 0 Å². The van der Waals surface area contributed by atoms with Crippen molar-refractivity contribution in [3.05, 3.63) is 48.0 Å². The zero-order chi connectivity index (χ0) is 25.1. The summed E-state index contributed by atoms with van der Waals surface area (Å²) in [6, 6.07) is 11.1. The quantitative estimate of drug-likeness (QED) is 0.477. The van der Waals surface area contributed by atoms with Crippen molar-refractivity contribution in [1.29, 1.82) is 0 Å². The minimum atomic E-state index is -0.742. The van der Waals surface area contributed by atoms with Gasteiger partial charge in [-0.3, -0.25) is 19.3 Å². The van der Waals surface area contributed by atoms with Crippen LogP contribution in [0.15, 0.2) is 42.5 Å². The SMILES string of the molecule is COc1ccc(NC(=O)COC(=O)c2cccc(N3C(=O)[C@H]4C[C@H](C)CC[C@H]4C3=O)c2)c(OC)c1. The van der Waals surface area contributed by atoms with E-state index in [1.165, 1.54) is 31.3 Å². The number of methoxy groups -OCH3 is 2. The standard InChI is InChI=1S/C26H28N2O7/c1-15-7-9-19-20(11-15)25(31)28(24(19)30)17-6-4-5-16(12-17)26(32)35-14-23(29)27-21-10-8-18(33-2)13-22(21)34-3/h4-6,8,10,12-13,15,19-20H,7,9,11,14H2,1-3H3,(H,27,29)/t15-,19-,20+/m1/s1. The molecule has 0 unspecified atom stereocenters. The van der Waals surface area contributed by atoms with E-state index >= 15 is 0 Å². The van der Waals surface area contributed by atoms with Gasteiger partial charge in [-0.1, -0.05) is 13.0 Å². The van der Waals surface area contributed by atoms with Crippen molar-refractivity contribution in [2.24, 2.45) is 17.8 Å². The van der Waals surface area contributed by atoms with Crippen LogP contribution in [0.25, 0.3) is 0 Å². The van der Waals surface area contributed by atoms with Gasteiger partial charge < -0.3 is 19.5 Å². The molecule has 1 aliphatic carbocycles. The number of esters is 1. The number of amides is 3. The molecular weight excluding hydrogens is 452 g/mol. The maximum Gasteiger partial charge on any atom is 0.338 e. The van der Waals surface area contributed by atoms with E-state index in [0.29, 0.717) is 41.6 Å². The van der Waals surface area contributed by atoms with Crippen LogP contribution in [-0.4, -0.2) is 44.5 Å². The van der Waals surface area contributed by atoms with Crippen LogP contribution in [0.1, 0.15) is 36.5 Å². The lowest BCUT2D eigenvalue weighted by molar-refractivity contribution is -0.122. The molecular formula is C26H28N2O7. The largest absolute Gasteiger partial charge is 0.497 e. The van der Waals surface area contributed by atoms with Gasteiger partial charge in [0.25, 0.3) is 5.91 Å². The van der Waals surface area contributed by atoms with Crippen LogP contribution < -0.4 is 19.7 Å². The Bertz CT molecular complexity index is 1160. The number of rotatable bonds is 7. The topological polar surface area (TPSA) is 111 Å². The highest BCUT2D eigenvalue weighted by molar-refractivity contribution is 6.22. The van der Waals surface area contributed by atoms with Gasteiger partial charge in [-0.25, -0.2) is 4.79 Å². The van der Waals surface area contributed by atoms with E-state index in [4.69, 9.17) is 14.2 Å². The first kappa shape index (κ1) is 24.3. The number of carbonyl (C=O) groups is 4. The first-order chi connectivity index (χ1) is 16.8. The number of anilines is 2. The number of nitrogens with one attached hydrogen (secondary N) is 1. The molecule has 1 N–H and O–H groups in total. The minimum absolute atomic E-state index is 0.140. The highest BCUT2D eigenvalue weighted by Gasteiger charge is 2.50. The van der Waals surface area contributed by atoms with Gasteiger partial charge in [-0.15, -0.1) is 0 Å². The Balaban J connectivity index is 1.40. The van der Waals surface area contributed by atoms with E-state index in [-0.39, 0.29) is 29.2 Å². The van der Waals surface area contributed by atoms with Crippen molar-refractivity contribution in [3.8, 4) is 11.5 Å². The lowest BCUT2D eigenvalue weighted by Gasteiger charge is -2.25. The minimum Gasteiger partial charge on any atom is -0.497 e. The molecule has 3 amide bonds. The highest BCUT2D eigenvalue weighted by atomic mass is 16.5. The second kappa shape index (κ2) is 10.2. The molecule has 0 bridgehead atoms. The normalized spacial score (nSPS) is 21.3. The molecule has 2 aromatic carbocycles. The van der Waals surface area contributed by atoms with E-state index in [2.05, 4.69) is 12.2 Å². The monoisotopic (exact) mass is 480 g/mol. The lowest BCUT2D eigenvalue weighted by Crippen LogP contribution is -2.31. The molecule has 1 heterocycles. The van der Waals surface area contributed by atoms with E-state index in [1.807, 2.05) is 0 Å². The number of fused-ring (bicyclic) bond motifs is 1. The molecule has 2 aliphatic rings. The molecule has 4 rings (SSSR count). The third-order valence-electron chi connectivity index (χ3n) is 6.54. The molecule has 9 heteroatoms. The fourth-order valence-corrected chi connectivity index (χ4v) is 4.72. The van der Waals surface area contributed by atoms with Crippen LogP contribution in [0.2, 0.25) is 0 Å². The predicted octanol–water partition coefficient (Wildman–Crippen LogP) is 3.42. The molecule has 0 radical (unpaired) electrons. The van der Waals surface area contributed by atoms with Gasteiger partial charge in [0.05, 0.1) is 43.0 Å². The van der Waals surface area contributed by atoms with Crippen LogP contribution in [0, 0.1) is 17.8 Å². The van der Waals surface area contributed by atoms with Gasteiger partial charge >= 0.3 is 5.97 Å². The molecule has 1 aliphatic heterocycles. The van der Waals surface area contributed by atoms with Crippen LogP contribution in [0.4, 0.5) is 11.4 Å². The molecule has 2 aromatic rings. The smallest absolute Gasteiger partial charge is 0.338 e. The molecule has 3 atom stereocenters. The number of benzene rings is 2. The predicted molar refractivity (Wildman–Crippen MR) is 127 cm³/mol. The molecule has 0 aromatic heterocycles. The van der Waals surface area contributed by atoms with Crippen molar-refractivity contribution in [2.75, 3.05) is 31.0 Å². The summed E-state index contributed by atoms with van der Waals surface area (Å²) in [6.45, 7) is 1.57. The number of ether oxygens (including phenoxy) is 3. The fourth-order valence-electron chi connectivity index (χ4n) is 4.72. The molecule has 1 saturated carbocycles. The molecule has 2 fully saturated rings. The third-order valence-corrected chi connectivity index (χ3v) is 6.54. The number of hydrogen-bond donors (Lipinski definition) is 1. The Hall–Kier alpha value is -3.88. The summed E-state index contributed by atoms with van der Waals surface area (Å²) >= 11 is 0. The Morgan fingerprint density at radius 2 is 1.77 bits per heavy atom. The van der Waals surface area contributed by atoms with Crippen LogP contribution in [-0.2, 0) is 19.1 Å². The third kappa shape index (κ3) is 4.99. The van der Waals surface area contributed by atoms with Crippen molar-refractivity contribution >= 4 is 35.1 Å². The molecule has 1 saturated heterocycles.